The number of ether oxygens (including phenoxy) is 1. The second-order valence-electron chi connectivity index (χ2n) is 4.15. The van der Waals surface area contributed by atoms with Crippen LogP contribution in [0.4, 0.5) is 4.39 Å². The average Bonchev–Trinajstić information content (AvgIpc) is 2.78. The van der Waals surface area contributed by atoms with Crippen molar-refractivity contribution in [3.63, 3.8) is 0 Å². The summed E-state index contributed by atoms with van der Waals surface area (Å²) in [5.74, 6) is 1.23. The third kappa shape index (κ3) is 2.19. The summed E-state index contributed by atoms with van der Waals surface area (Å²) in [5.41, 5.74) is 1.14. The lowest BCUT2D eigenvalue weighted by molar-refractivity contribution is 0.321. The number of nitrogens with one attached hydrogen (secondary N) is 1. The van der Waals surface area contributed by atoms with Gasteiger partial charge in [-0.3, -0.25) is 4.39 Å². The van der Waals surface area contributed by atoms with Crippen LogP contribution in [0.5, 0.6) is 5.75 Å². The smallest absolute Gasteiger partial charge is 0.122 e. The van der Waals surface area contributed by atoms with Crippen molar-refractivity contribution in [3.8, 4) is 5.75 Å². The first-order chi connectivity index (χ1) is 7.86. The van der Waals surface area contributed by atoms with E-state index in [2.05, 4.69) is 5.32 Å². The summed E-state index contributed by atoms with van der Waals surface area (Å²) in [7, 11) is 0. The molecule has 0 bridgehead atoms. The van der Waals surface area contributed by atoms with Crippen LogP contribution in [-0.4, -0.2) is 26.4 Å². The van der Waals surface area contributed by atoms with E-state index in [4.69, 9.17) is 4.74 Å². The van der Waals surface area contributed by atoms with E-state index in [0.29, 0.717) is 6.61 Å². The normalized spacial score (nSPS) is 24.6. The molecule has 88 valence electrons. The van der Waals surface area contributed by atoms with Gasteiger partial charge in [0, 0.05) is 24.9 Å². The quantitative estimate of drug-likeness (QED) is 0.846. The summed E-state index contributed by atoms with van der Waals surface area (Å²) in [6, 6.07) is 7.96. The van der Waals surface area contributed by atoms with Crippen LogP contribution in [0.25, 0.3) is 0 Å². The summed E-state index contributed by atoms with van der Waals surface area (Å²) < 4.78 is 18.5. The molecule has 1 heterocycles. The van der Waals surface area contributed by atoms with Gasteiger partial charge in [0.05, 0.1) is 13.3 Å². The van der Waals surface area contributed by atoms with Crippen LogP contribution in [-0.2, 0) is 0 Å². The van der Waals surface area contributed by atoms with Crippen LogP contribution < -0.4 is 10.1 Å². The Hall–Kier alpha value is -1.09. The van der Waals surface area contributed by atoms with Gasteiger partial charge in [-0.1, -0.05) is 18.2 Å². The van der Waals surface area contributed by atoms with Gasteiger partial charge in [-0.25, -0.2) is 0 Å². The minimum absolute atomic E-state index is 0.0848. The highest BCUT2D eigenvalue weighted by Gasteiger charge is 2.30. The topological polar surface area (TPSA) is 21.3 Å². The van der Waals surface area contributed by atoms with Crippen molar-refractivity contribution < 1.29 is 9.13 Å². The maximum absolute atomic E-state index is 12.9. The number of halogens is 1. The van der Waals surface area contributed by atoms with Crippen molar-refractivity contribution in [2.24, 2.45) is 5.92 Å². The van der Waals surface area contributed by atoms with Gasteiger partial charge in [-0.2, -0.15) is 0 Å². The first-order valence-corrected chi connectivity index (χ1v) is 5.85. The SMILES string of the molecule is CCOc1ccccc1[C@@H]1CNC[C@H]1CF. The van der Waals surface area contributed by atoms with Crippen LogP contribution in [0.15, 0.2) is 24.3 Å². The van der Waals surface area contributed by atoms with Gasteiger partial charge in [0.25, 0.3) is 0 Å². The van der Waals surface area contributed by atoms with Gasteiger partial charge < -0.3 is 10.1 Å². The fraction of sp³-hybridized carbons (Fsp3) is 0.538. The molecule has 16 heavy (non-hydrogen) atoms. The molecule has 0 unspecified atom stereocenters. The van der Waals surface area contributed by atoms with Gasteiger partial charge in [-0.05, 0) is 18.6 Å². The Kier molecular flexibility index (Phi) is 3.78. The molecule has 1 aliphatic rings. The molecule has 1 aromatic rings. The highest BCUT2D eigenvalue weighted by atomic mass is 19.1. The van der Waals surface area contributed by atoms with Crippen LogP contribution in [0.3, 0.4) is 0 Å². The molecule has 1 fully saturated rings. The lowest BCUT2D eigenvalue weighted by atomic mass is 9.89. The molecule has 3 heteroatoms. The van der Waals surface area contributed by atoms with Crippen molar-refractivity contribution in [1.82, 2.24) is 5.32 Å². The van der Waals surface area contributed by atoms with Crippen molar-refractivity contribution in [2.45, 2.75) is 12.8 Å². The summed E-state index contributed by atoms with van der Waals surface area (Å²) in [4.78, 5) is 0. The Morgan fingerprint density at radius 2 is 2.19 bits per heavy atom. The lowest BCUT2D eigenvalue weighted by Crippen LogP contribution is -2.13. The Bertz CT molecular complexity index is 342. The van der Waals surface area contributed by atoms with Crippen LogP contribution in [0.1, 0.15) is 18.4 Å². The number of benzene rings is 1. The molecule has 1 aliphatic heterocycles. The van der Waals surface area contributed by atoms with Crippen LogP contribution in [0, 0.1) is 5.92 Å². The second kappa shape index (κ2) is 5.30. The van der Waals surface area contributed by atoms with E-state index in [1.807, 2.05) is 31.2 Å². The predicted octanol–water partition coefficient (Wildman–Crippen LogP) is 2.36. The molecule has 0 radical (unpaired) electrons. The molecule has 0 aromatic heterocycles. The van der Waals surface area contributed by atoms with Crippen LogP contribution in [0.2, 0.25) is 0 Å². The van der Waals surface area contributed by atoms with Crippen molar-refractivity contribution in [2.75, 3.05) is 26.4 Å². The number of hydrogen-bond acceptors (Lipinski definition) is 2. The van der Waals surface area contributed by atoms with Crippen LogP contribution >= 0.6 is 0 Å². The van der Waals surface area contributed by atoms with E-state index < -0.39 is 0 Å². The van der Waals surface area contributed by atoms with Crippen molar-refractivity contribution >= 4 is 0 Å². The highest BCUT2D eigenvalue weighted by Crippen LogP contribution is 2.34. The molecule has 1 N–H and O–H groups in total. The first-order valence-electron chi connectivity index (χ1n) is 5.85. The van der Waals surface area contributed by atoms with Gasteiger partial charge in [0.15, 0.2) is 0 Å². The monoisotopic (exact) mass is 223 g/mol. The molecule has 2 atom stereocenters. The van der Waals surface area contributed by atoms with Crippen molar-refractivity contribution in [1.29, 1.82) is 0 Å². The average molecular weight is 223 g/mol. The fourth-order valence-corrected chi connectivity index (χ4v) is 2.33. The number of hydrogen-bond donors (Lipinski definition) is 1. The van der Waals surface area contributed by atoms with E-state index in [1.54, 1.807) is 0 Å². The summed E-state index contributed by atoms with van der Waals surface area (Å²) in [6.07, 6.45) is 0. The Labute approximate surface area is 95.8 Å². The molecular weight excluding hydrogens is 205 g/mol. The van der Waals surface area contributed by atoms with E-state index in [0.717, 1.165) is 24.4 Å². The van der Waals surface area contributed by atoms with Gasteiger partial charge in [-0.15, -0.1) is 0 Å². The standard InChI is InChI=1S/C13H18FNO/c1-2-16-13-6-4-3-5-11(13)12-9-15-8-10(12)7-14/h3-6,10,12,15H,2,7-9H2,1H3/t10-,12-/m1/s1. The molecular formula is C13H18FNO. The van der Waals surface area contributed by atoms with E-state index in [1.165, 1.54) is 0 Å². The summed E-state index contributed by atoms with van der Waals surface area (Å²) in [5, 5.41) is 3.25. The Morgan fingerprint density at radius 1 is 1.38 bits per heavy atom. The zero-order chi connectivity index (χ0) is 11.4. The van der Waals surface area contributed by atoms with E-state index in [-0.39, 0.29) is 18.5 Å². The Balaban J connectivity index is 2.24. The maximum Gasteiger partial charge on any atom is 0.122 e. The lowest BCUT2D eigenvalue weighted by Gasteiger charge is -2.19. The molecule has 0 spiro atoms. The molecule has 2 nitrogen and oxygen atoms in total. The number of para-hydroxylation sites is 1. The fourth-order valence-electron chi connectivity index (χ4n) is 2.33. The van der Waals surface area contributed by atoms with Gasteiger partial charge in [0.1, 0.15) is 5.75 Å². The minimum Gasteiger partial charge on any atom is -0.494 e. The zero-order valence-electron chi connectivity index (χ0n) is 9.58. The molecule has 0 amide bonds. The third-order valence-corrected chi connectivity index (χ3v) is 3.16. The molecule has 1 saturated heterocycles. The Morgan fingerprint density at radius 3 is 2.94 bits per heavy atom. The minimum atomic E-state index is -0.266. The molecule has 0 aliphatic carbocycles. The number of rotatable bonds is 4. The van der Waals surface area contributed by atoms with Crippen molar-refractivity contribution in [3.05, 3.63) is 29.8 Å². The first kappa shape index (κ1) is 11.4. The third-order valence-electron chi connectivity index (χ3n) is 3.16. The molecule has 2 rings (SSSR count). The number of alkyl halides is 1. The maximum atomic E-state index is 12.9. The predicted molar refractivity (Wildman–Crippen MR) is 62.7 cm³/mol. The van der Waals surface area contributed by atoms with Gasteiger partial charge in [0.2, 0.25) is 0 Å². The second-order valence-corrected chi connectivity index (χ2v) is 4.15. The zero-order valence-corrected chi connectivity index (χ0v) is 9.58. The largest absolute Gasteiger partial charge is 0.494 e. The summed E-state index contributed by atoms with van der Waals surface area (Å²) >= 11 is 0. The van der Waals surface area contributed by atoms with E-state index in [9.17, 15) is 4.39 Å². The molecule has 1 aromatic carbocycles. The van der Waals surface area contributed by atoms with E-state index >= 15 is 0 Å². The van der Waals surface area contributed by atoms with Gasteiger partial charge >= 0.3 is 0 Å². The summed E-state index contributed by atoms with van der Waals surface area (Å²) in [6.45, 7) is 3.96. The highest BCUT2D eigenvalue weighted by molar-refractivity contribution is 5.37. The molecule has 0 saturated carbocycles.